The van der Waals surface area contributed by atoms with Gasteiger partial charge in [-0.15, -0.1) is 24.0 Å². The van der Waals surface area contributed by atoms with Gasteiger partial charge in [0.15, 0.2) is 11.7 Å². The second-order valence-electron chi connectivity index (χ2n) is 4.96. The third kappa shape index (κ3) is 5.22. The van der Waals surface area contributed by atoms with Crippen molar-refractivity contribution in [2.24, 2.45) is 17.8 Å². The molecule has 0 aliphatic rings. The first-order valence-electron chi connectivity index (χ1n) is 7.22. The number of halogens is 1. The Morgan fingerprint density at radius 2 is 2.25 bits per heavy atom. The fourth-order valence-corrected chi connectivity index (χ4v) is 1.97. The van der Waals surface area contributed by atoms with Crippen LogP contribution >= 0.6 is 24.0 Å². The van der Waals surface area contributed by atoms with Crippen LogP contribution in [0.25, 0.3) is 0 Å². The molecule has 0 spiro atoms. The Morgan fingerprint density at radius 3 is 2.79 bits per heavy atom. The number of aliphatic imine (C=N–C) groups is 1. The van der Waals surface area contributed by atoms with Crippen molar-refractivity contribution in [1.82, 2.24) is 25.0 Å². The van der Waals surface area contributed by atoms with Gasteiger partial charge in [0.25, 0.3) is 5.91 Å². The van der Waals surface area contributed by atoms with Crippen LogP contribution in [0.5, 0.6) is 0 Å². The number of nitrogens with two attached hydrogens (primary N) is 1. The SMILES string of the molecule is CCNC(=NCc1ccc(C(N)=O)o1)N(C)Cc1ncnn1C.I. The van der Waals surface area contributed by atoms with Crippen molar-refractivity contribution < 1.29 is 9.21 Å². The van der Waals surface area contributed by atoms with E-state index in [9.17, 15) is 4.79 Å². The predicted molar refractivity (Wildman–Crippen MR) is 99.9 cm³/mol. The molecule has 2 aromatic rings. The normalized spacial score (nSPS) is 11.0. The van der Waals surface area contributed by atoms with Crippen LogP contribution in [0.1, 0.15) is 29.1 Å². The first-order valence-corrected chi connectivity index (χ1v) is 7.22. The smallest absolute Gasteiger partial charge is 0.284 e. The monoisotopic (exact) mass is 447 g/mol. The van der Waals surface area contributed by atoms with E-state index < -0.39 is 5.91 Å². The summed E-state index contributed by atoms with van der Waals surface area (Å²) in [5.74, 6) is 1.64. The quantitative estimate of drug-likeness (QED) is 0.383. The molecule has 0 fully saturated rings. The molecule has 0 aliphatic carbocycles. The van der Waals surface area contributed by atoms with E-state index in [-0.39, 0.29) is 29.7 Å². The van der Waals surface area contributed by atoms with E-state index in [4.69, 9.17) is 10.2 Å². The molecule has 2 rings (SSSR count). The number of aryl methyl sites for hydroxylation is 1. The molecule has 9 nitrogen and oxygen atoms in total. The van der Waals surface area contributed by atoms with Crippen molar-refractivity contribution in [3.05, 3.63) is 35.8 Å². The molecule has 2 heterocycles. The summed E-state index contributed by atoms with van der Waals surface area (Å²) in [6.07, 6.45) is 1.52. The predicted octanol–water partition coefficient (Wildman–Crippen LogP) is 0.722. The number of hydrogen-bond donors (Lipinski definition) is 2. The highest BCUT2D eigenvalue weighted by Crippen LogP contribution is 2.09. The Balaban J connectivity index is 0.00000288. The molecule has 3 N–H and O–H groups in total. The van der Waals surface area contributed by atoms with Crippen molar-refractivity contribution in [2.45, 2.75) is 20.0 Å². The van der Waals surface area contributed by atoms with E-state index in [0.29, 0.717) is 24.8 Å². The highest BCUT2D eigenvalue weighted by molar-refractivity contribution is 14.0. The first-order chi connectivity index (χ1) is 11.0. The summed E-state index contributed by atoms with van der Waals surface area (Å²) >= 11 is 0. The molecule has 0 aromatic carbocycles. The number of primary amides is 1. The zero-order chi connectivity index (χ0) is 16.8. The fourth-order valence-electron chi connectivity index (χ4n) is 1.97. The number of rotatable bonds is 6. The van der Waals surface area contributed by atoms with Gasteiger partial charge in [0.05, 0.1) is 6.54 Å². The first kappa shape index (κ1) is 19.9. The van der Waals surface area contributed by atoms with Crippen molar-refractivity contribution >= 4 is 35.8 Å². The Hall–Kier alpha value is -2.11. The summed E-state index contributed by atoms with van der Waals surface area (Å²) in [5, 5.41) is 7.25. The standard InChI is InChI=1S/C14H21N7O2.HI/c1-4-16-14(20(2)8-12-18-9-19-21(12)3)17-7-10-5-6-11(23-10)13(15)22;/h5-6,9H,4,7-8H2,1-3H3,(H2,15,22)(H,16,17);1H. The Morgan fingerprint density at radius 1 is 1.50 bits per heavy atom. The third-order valence-electron chi connectivity index (χ3n) is 3.17. The molecule has 0 atom stereocenters. The molecule has 0 saturated heterocycles. The molecule has 0 radical (unpaired) electrons. The van der Waals surface area contributed by atoms with Gasteiger partial charge in [-0.05, 0) is 19.1 Å². The summed E-state index contributed by atoms with van der Waals surface area (Å²) in [7, 11) is 3.75. The molecule has 0 saturated carbocycles. The maximum absolute atomic E-state index is 11.0. The van der Waals surface area contributed by atoms with Gasteiger partial charge in [-0.3, -0.25) is 9.48 Å². The average molecular weight is 447 g/mol. The number of carbonyl (C=O) groups excluding carboxylic acids is 1. The minimum absolute atomic E-state index is 0. The van der Waals surface area contributed by atoms with E-state index in [2.05, 4.69) is 20.4 Å². The van der Waals surface area contributed by atoms with Gasteiger partial charge >= 0.3 is 0 Å². The Bertz CT molecular complexity index is 695. The summed E-state index contributed by atoms with van der Waals surface area (Å²) < 4.78 is 7.04. The van der Waals surface area contributed by atoms with Crippen molar-refractivity contribution in [2.75, 3.05) is 13.6 Å². The van der Waals surface area contributed by atoms with E-state index in [1.54, 1.807) is 16.8 Å². The van der Waals surface area contributed by atoms with Crippen LogP contribution in [0.3, 0.4) is 0 Å². The van der Waals surface area contributed by atoms with Crippen LogP contribution in [0.2, 0.25) is 0 Å². The van der Waals surface area contributed by atoms with Gasteiger partial charge < -0.3 is 20.4 Å². The molecule has 2 aromatic heterocycles. The summed E-state index contributed by atoms with van der Waals surface area (Å²) in [5.41, 5.74) is 5.16. The molecular formula is C14H22IN7O2. The van der Waals surface area contributed by atoms with E-state index in [0.717, 1.165) is 12.4 Å². The van der Waals surface area contributed by atoms with Gasteiger partial charge in [-0.2, -0.15) is 5.10 Å². The summed E-state index contributed by atoms with van der Waals surface area (Å²) in [6.45, 7) is 3.59. The minimum Gasteiger partial charge on any atom is -0.454 e. The molecule has 132 valence electrons. The van der Waals surface area contributed by atoms with Crippen LogP contribution in [-0.2, 0) is 20.1 Å². The topological polar surface area (TPSA) is 115 Å². The zero-order valence-corrected chi connectivity index (χ0v) is 16.2. The lowest BCUT2D eigenvalue weighted by Crippen LogP contribution is -2.39. The molecule has 0 aliphatic heterocycles. The average Bonchev–Trinajstić information content (AvgIpc) is 3.13. The third-order valence-corrected chi connectivity index (χ3v) is 3.17. The number of hydrogen-bond acceptors (Lipinski definition) is 5. The summed E-state index contributed by atoms with van der Waals surface area (Å²) in [4.78, 5) is 21.7. The number of nitrogens with one attached hydrogen (secondary N) is 1. The largest absolute Gasteiger partial charge is 0.454 e. The van der Waals surface area contributed by atoms with Gasteiger partial charge in [0.1, 0.15) is 24.5 Å². The second-order valence-corrected chi connectivity index (χ2v) is 4.96. The van der Waals surface area contributed by atoms with Gasteiger partial charge in [-0.1, -0.05) is 0 Å². The van der Waals surface area contributed by atoms with Crippen molar-refractivity contribution in [1.29, 1.82) is 0 Å². The van der Waals surface area contributed by atoms with E-state index >= 15 is 0 Å². The van der Waals surface area contributed by atoms with Crippen molar-refractivity contribution in [3.63, 3.8) is 0 Å². The second kappa shape index (κ2) is 9.25. The highest BCUT2D eigenvalue weighted by atomic mass is 127. The lowest BCUT2D eigenvalue weighted by molar-refractivity contribution is 0.0972. The molecule has 1 amide bonds. The maximum Gasteiger partial charge on any atom is 0.284 e. The number of aromatic nitrogens is 3. The fraction of sp³-hybridized carbons (Fsp3) is 0.429. The van der Waals surface area contributed by atoms with Crippen molar-refractivity contribution in [3.8, 4) is 0 Å². The number of amides is 1. The molecule has 0 bridgehead atoms. The van der Waals surface area contributed by atoms with Gasteiger partial charge in [-0.25, -0.2) is 9.98 Å². The van der Waals surface area contributed by atoms with Gasteiger partial charge in [0, 0.05) is 20.6 Å². The maximum atomic E-state index is 11.0. The van der Waals surface area contributed by atoms with Crippen LogP contribution < -0.4 is 11.1 Å². The summed E-state index contributed by atoms with van der Waals surface area (Å²) in [6, 6.07) is 3.24. The van der Waals surface area contributed by atoms with E-state index in [1.807, 2.05) is 25.9 Å². The van der Waals surface area contributed by atoms with E-state index in [1.165, 1.54) is 6.33 Å². The molecule has 10 heteroatoms. The lowest BCUT2D eigenvalue weighted by Gasteiger charge is -2.21. The number of carbonyl (C=O) groups is 1. The lowest BCUT2D eigenvalue weighted by atomic mass is 10.4. The molecular weight excluding hydrogens is 425 g/mol. The molecule has 24 heavy (non-hydrogen) atoms. The van der Waals surface area contributed by atoms with Crippen LogP contribution in [0.4, 0.5) is 0 Å². The van der Waals surface area contributed by atoms with Crippen LogP contribution in [0, 0.1) is 0 Å². The molecule has 0 unspecified atom stereocenters. The zero-order valence-electron chi connectivity index (χ0n) is 13.9. The number of guanidine groups is 1. The minimum atomic E-state index is -0.591. The Kier molecular flexibility index (Phi) is 7.68. The Labute approximate surface area is 157 Å². The van der Waals surface area contributed by atoms with Crippen LogP contribution in [0.15, 0.2) is 27.9 Å². The number of furan rings is 1. The number of nitrogens with zero attached hydrogens (tertiary/aromatic N) is 5. The van der Waals surface area contributed by atoms with Gasteiger partial charge in [0.2, 0.25) is 0 Å². The van der Waals surface area contributed by atoms with Crippen LogP contribution in [-0.4, -0.2) is 45.1 Å². The highest BCUT2D eigenvalue weighted by Gasteiger charge is 2.11.